The van der Waals surface area contributed by atoms with Crippen LogP contribution in [-0.4, -0.2) is 48.7 Å². The second-order valence-electron chi connectivity index (χ2n) is 11.7. The third kappa shape index (κ3) is 9.41. The number of ether oxygens (including phenoxy) is 1. The van der Waals surface area contributed by atoms with Gasteiger partial charge in [0.25, 0.3) is 5.91 Å². The minimum Gasteiger partial charge on any atom is -0.497 e. The maximum Gasteiger partial charge on any atom is 0.252 e. The number of nitrogens with one attached hydrogen (secondary N) is 3. The summed E-state index contributed by atoms with van der Waals surface area (Å²) in [6.07, 6.45) is 2.12. The number of aryl methyl sites for hydroxylation is 1. The summed E-state index contributed by atoms with van der Waals surface area (Å²) >= 11 is 0. The Morgan fingerprint density at radius 3 is 1.87 bits per heavy atom. The van der Waals surface area contributed by atoms with E-state index in [1.54, 1.807) is 43.5 Å². The van der Waals surface area contributed by atoms with Gasteiger partial charge in [-0.05, 0) is 66.3 Å². The molecule has 1 heterocycles. The molecule has 3 atom stereocenters. The molecular formula is C37H41N3O6. The van der Waals surface area contributed by atoms with Gasteiger partial charge in [-0.15, -0.1) is 0 Å². The minimum absolute atomic E-state index is 0.0887. The number of rotatable bonds is 15. The quantitative estimate of drug-likeness (QED) is 0.159. The van der Waals surface area contributed by atoms with Crippen molar-refractivity contribution in [3.05, 3.63) is 125 Å². The van der Waals surface area contributed by atoms with Crippen molar-refractivity contribution in [3.63, 3.8) is 0 Å². The molecule has 46 heavy (non-hydrogen) atoms. The second-order valence-corrected chi connectivity index (χ2v) is 11.7. The number of carbonyl (C=O) groups excluding carboxylic acids is 4. The lowest BCUT2D eigenvalue weighted by Crippen LogP contribution is -2.57. The minimum atomic E-state index is -1.06. The first-order valence-corrected chi connectivity index (χ1v) is 15.4. The van der Waals surface area contributed by atoms with Crippen LogP contribution in [0.4, 0.5) is 0 Å². The van der Waals surface area contributed by atoms with E-state index in [0.717, 1.165) is 16.7 Å². The van der Waals surface area contributed by atoms with Crippen LogP contribution in [0.2, 0.25) is 0 Å². The predicted molar refractivity (Wildman–Crippen MR) is 176 cm³/mol. The largest absolute Gasteiger partial charge is 0.497 e. The van der Waals surface area contributed by atoms with E-state index < -0.39 is 35.8 Å². The van der Waals surface area contributed by atoms with Crippen molar-refractivity contribution in [2.75, 3.05) is 7.11 Å². The van der Waals surface area contributed by atoms with E-state index in [1.807, 2.05) is 75.4 Å². The molecule has 4 aromatic rings. The molecular weight excluding hydrogens is 582 g/mol. The highest BCUT2D eigenvalue weighted by Gasteiger charge is 2.31. The van der Waals surface area contributed by atoms with Crippen molar-refractivity contribution < 1.29 is 28.3 Å². The Morgan fingerprint density at radius 2 is 1.28 bits per heavy atom. The zero-order chi connectivity index (χ0) is 33.1. The molecule has 4 rings (SSSR count). The molecule has 3 amide bonds. The molecule has 3 N–H and O–H groups in total. The number of furan rings is 1. The highest BCUT2D eigenvalue weighted by Crippen LogP contribution is 2.16. The maximum atomic E-state index is 14.0. The number of methoxy groups -OCH3 is 1. The lowest BCUT2D eigenvalue weighted by molar-refractivity contribution is -0.130. The monoisotopic (exact) mass is 623 g/mol. The molecule has 9 heteroatoms. The van der Waals surface area contributed by atoms with Crippen molar-refractivity contribution >= 4 is 23.5 Å². The molecule has 0 bridgehead atoms. The number of ketones is 1. The summed E-state index contributed by atoms with van der Waals surface area (Å²) < 4.78 is 10.6. The molecule has 3 aromatic carbocycles. The van der Waals surface area contributed by atoms with Crippen molar-refractivity contribution in [3.8, 4) is 5.75 Å². The van der Waals surface area contributed by atoms with E-state index in [1.165, 1.54) is 6.26 Å². The lowest BCUT2D eigenvalue weighted by Gasteiger charge is -2.26. The van der Waals surface area contributed by atoms with Gasteiger partial charge in [0, 0.05) is 18.4 Å². The van der Waals surface area contributed by atoms with E-state index in [0.29, 0.717) is 17.7 Å². The summed E-state index contributed by atoms with van der Waals surface area (Å²) in [6, 6.07) is 23.9. The Morgan fingerprint density at radius 1 is 0.696 bits per heavy atom. The summed E-state index contributed by atoms with van der Waals surface area (Å²) in [7, 11) is 1.56. The predicted octanol–water partition coefficient (Wildman–Crippen LogP) is 5.08. The van der Waals surface area contributed by atoms with Crippen LogP contribution in [0.25, 0.3) is 0 Å². The molecule has 0 aliphatic rings. The van der Waals surface area contributed by atoms with Gasteiger partial charge in [-0.2, -0.15) is 0 Å². The van der Waals surface area contributed by atoms with E-state index in [4.69, 9.17) is 9.15 Å². The Balaban J connectivity index is 1.61. The number of carbonyl (C=O) groups is 4. The Kier molecular flexibility index (Phi) is 11.9. The van der Waals surface area contributed by atoms with Crippen LogP contribution < -0.4 is 20.7 Å². The van der Waals surface area contributed by atoms with Crippen LogP contribution in [-0.2, 0) is 22.4 Å². The number of hydrogen-bond acceptors (Lipinski definition) is 6. The van der Waals surface area contributed by atoms with E-state index >= 15 is 0 Å². The fraction of sp³-hybridized carbons (Fsp3) is 0.297. The van der Waals surface area contributed by atoms with Crippen molar-refractivity contribution in [1.29, 1.82) is 0 Å². The smallest absolute Gasteiger partial charge is 0.252 e. The van der Waals surface area contributed by atoms with Gasteiger partial charge in [-0.25, -0.2) is 0 Å². The number of Topliss-reactive ketones (excluding diaryl/α,β-unsaturated/α-hetero) is 1. The first-order chi connectivity index (χ1) is 22.1. The standard InChI is InChI=1S/C37H41N3O6/c1-24(2)21-30(34(41)33-15-10-20-46-33)38-36(43)32(23-27-16-18-28(45-4)19-17-27)40-37(44)31(22-26-12-6-5-7-13-26)39-35(42)29-14-9-8-11-25(29)3/h5-20,24,30-32H,21-23H2,1-4H3,(H,38,43)(H,39,42)(H,40,44)/t30-,31-,32-/m0/s1. The van der Waals surface area contributed by atoms with Crippen molar-refractivity contribution in [2.45, 2.75) is 58.2 Å². The SMILES string of the molecule is COc1ccc(C[C@H](NC(=O)[C@H](Cc2ccccc2)NC(=O)c2ccccc2C)C(=O)N[C@@H](CC(C)C)C(=O)c2ccco2)cc1. The molecule has 0 radical (unpaired) electrons. The van der Waals surface area contributed by atoms with Crippen LogP contribution in [0.1, 0.15) is 57.9 Å². The van der Waals surface area contributed by atoms with Crippen LogP contribution in [0.3, 0.4) is 0 Å². The van der Waals surface area contributed by atoms with Gasteiger partial charge in [0.05, 0.1) is 19.4 Å². The molecule has 9 nitrogen and oxygen atoms in total. The Bertz CT molecular complexity index is 1600. The fourth-order valence-electron chi connectivity index (χ4n) is 5.17. The summed E-state index contributed by atoms with van der Waals surface area (Å²) in [6.45, 7) is 5.74. The number of benzene rings is 3. The molecule has 1 aromatic heterocycles. The number of hydrogen-bond donors (Lipinski definition) is 3. The van der Waals surface area contributed by atoms with Gasteiger partial charge in [-0.1, -0.05) is 74.5 Å². The van der Waals surface area contributed by atoms with Gasteiger partial charge in [-0.3, -0.25) is 19.2 Å². The first-order valence-electron chi connectivity index (χ1n) is 15.4. The number of amides is 3. The molecule has 0 aliphatic carbocycles. The van der Waals surface area contributed by atoms with Gasteiger partial charge in [0.2, 0.25) is 17.6 Å². The summed E-state index contributed by atoms with van der Waals surface area (Å²) in [5.74, 6) is -0.929. The summed E-state index contributed by atoms with van der Waals surface area (Å²) in [5.41, 5.74) is 2.83. The average molecular weight is 624 g/mol. The Labute approximate surface area is 269 Å². The fourth-order valence-corrected chi connectivity index (χ4v) is 5.17. The third-order valence-corrected chi connectivity index (χ3v) is 7.63. The van der Waals surface area contributed by atoms with Crippen LogP contribution in [0.15, 0.2) is 102 Å². The van der Waals surface area contributed by atoms with Crippen LogP contribution >= 0.6 is 0 Å². The zero-order valence-corrected chi connectivity index (χ0v) is 26.6. The summed E-state index contributed by atoms with van der Waals surface area (Å²) in [5, 5.41) is 8.64. The van der Waals surface area contributed by atoms with Crippen LogP contribution in [0.5, 0.6) is 5.75 Å². The highest BCUT2D eigenvalue weighted by atomic mass is 16.5. The molecule has 0 unspecified atom stereocenters. The molecule has 0 fully saturated rings. The lowest BCUT2D eigenvalue weighted by atomic mass is 9.97. The normalized spacial score (nSPS) is 12.9. The van der Waals surface area contributed by atoms with Gasteiger partial charge >= 0.3 is 0 Å². The van der Waals surface area contributed by atoms with Crippen molar-refractivity contribution in [2.24, 2.45) is 5.92 Å². The van der Waals surface area contributed by atoms with Crippen LogP contribution in [0, 0.1) is 12.8 Å². The Hall–Kier alpha value is -5.18. The molecule has 0 spiro atoms. The highest BCUT2D eigenvalue weighted by molar-refractivity contribution is 6.02. The van der Waals surface area contributed by atoms with Crippen molar-refractivity contribution in [1.82, 2.24) is 16.0 Å². The molecule has 0 aliphatic heterocycles. The molecule has 0 saturated heterocycles. The zero-order valence-electron chi connectivity index (χ0n) is 26.6. The first kappa shape index (κ1) is 33.7. The topological polar surface area (TPSA) is 127 Å². The maximum absolute atomic E-state index is 14.0. The molecule has 240 valence electrons. The summed E-state index contributed by atoms with van der Waals surface area (Å²) in [4.78, 5) is 54.5. The van der Waals surface area contributed by atoms with E-state index in [9.17, 15) is 19.2 Å². The molecule has 0 saturated carbocycles. The van der Waals surface area contributed by atoms with E-state index in [2.05, 4.69) is 16.0 Å². The van der Waals surface area contributed by atoms with Gasteiger partial charge in [0.1, 0.15) is 17.8 Å². The second kappa shape index (κ2) is 16.2. The van der Waals surface area contributed by atoms with E-state index in [-0.39, 0.29) is 30.3 Å². The van der Waals surface area contributed by atoms with Gasteiger partial charge < -0.3 is 25.1 Å². The average Bonchev–Trinajstić information content (AvgIpc) is 3.59. The van der Waals surface area contributed by atoms with Gasteiger partial charge in [0.15, 0.2) is 5.76 Å². The third-order valence-electron chi connectivity index (χ3n) is 7.63.